The van der Waals surface area contributed by atoms with Crippen LogP contribution in [0.3, 0.4) is 0 Å². The Morgan fingerprint density at radius 3 is 2.64 bits per heavy atom. The molecule has 0 saturated carbocycles. The quantitative estimate of drug-likeness (QED) is 0.877. The van der Waals surface area contributed by atoms with Gasteiger partial charge >= 0.3 is 5.97 Å². The van der Waals surface area contributed by atoms with Crippen molar-refractivity contribution < 1.29 is 23.8 Å². The summed E-state index contributed by atoms with van der Waals surface area (Å²) in [5.74, 6) is 0.930. The second kappa shape index (κ2) is 6.11. The summed E-state index contributed by atoms with van der Waals surface area (Å²) in [7, 11) is 0. The van der Waals surface area contributed by atoms with Gasteiger partial charge in [-0.05, 0) is 36.4 Å². The lowest BCUT2D eigenvalue weighted by atomic mass is 9.94. The summed E-state index contributed by atoms with van der Waals surface area (Å²) in [6.45, 7) is 1.50. The number of carboxylic acid groups (broad SMARTS) is 1. The second-order valence-corrected chi connectivity index (χ2v) is 5.11. The lowest BCUT2D eigenvalue weighted by molar-refractivity contribution is 0.0660. The highest BCUT2D eigenvalue weighted by Crippen LogP contribution is 2.34. The molecule has 6 nitrogen and oxygen atoms in total. The van der Waals surface area contributed by atoms with Crippen molar-refractivity contribution in [3.8, 4) is 11.5 Å². The molecule has 1 aliphatic heterocycles. The number of fused-ring (bicyclic) bond motifs is 1. The average molecular weight is 303 g/mol. The first kappa shape index (κ1) is 14.5. The molecule has 0 saturated heterocycles. The Bertz CT molecular complexity index is 679. The number of carboxylic acids is 1. The molecule has 0 bridgehead atoms. The van der Waals surface area contributed by atoms with Crippen LogP contribution in [0.1, 0.15) is 27.8 Å². The zero-order chi connectivity index (χ0) is 15.5. The topological polar surface area (TPSA) is 94.9 Å². The van der Waals surface area contributed by atoms with Crippen LogP contribution in [0.2, 0.25) is 0 Å². The van der Waals surface area contributed by atoms with Gasteiger partial charge in [-0.15, -0.1) is 0 Å². The summed E-state index contributed by atoms with van der Waals surface area (Å²) in [5, 5.41) is 8.89. The van der Waals surface area contributed by atoms with Gasteiger partial charge in [0.1, 0.15) is 19.0 Å². The van der Waals surface area contributed by atoms with Gasteiger partial charge in [0, 0.05) is 12.3 Å². The van der Waals surface area contributed by atoms with Crippen LogP contribution >= 0.6 is 0 Å². The molecule has 22 heavy (non-hydrogen) atoms. The van der Waals surface area contributed by atoms with E-state index in [2.05, 4.69) is 0 Å². The normalized spacial score (nSPS) is 14.6. The molecular formula is C16H17NO5. The van der Waals surface area contributed by atoms with Crippen LogP contribution < -0.4 is 15.2 Å². The van der Waals surface area contributed by atoms with Crippen molar-refractivity contribution in [3.63, 3.8) is 0 Å². The Hall–Kier alpha value is -2.47. The summed E-state index contributed by atoms with van der Waals surface area (Å²) >= 11 is 0. The van der Waals surface area contributed by atoms with Gasteiger partial charge in [-0.25, -0.2) is 4.79 Å². The average Bonchev–Trinajstić information content (AvgIpc) is 3.01. The first-order valence-electron chi connectivity index (χ1n) is 7.09. The maximum atomic E-state index is 10.9. The molecule has 1 unspecified atom stereocenters. The lowest BCUT2D eigenvalue weighted by Crippen LogP contribution is -2.18. The fourth-order valence-electron chi connectivity index (χ4n) is 2.50. The van der Waals surface area contributed by atoms with Crippen LogP contribution in [0.25, 0.3) is 0 Å². The fourth-order valence-corrected chi connectivity index (χ4v) is 2.50. The number of hydrogen-bond donors (Lipinski definition) is 2. The Balaban J connectivity index is 1.79. The maximum absolute atomic E-state index is 10.9. The highest BCUT2D eigenvalue weighted by Gasteiger charge is 2.18. The molecule has 2 heterocycles. The van der Waals surface area contributed by atoms with Gasteiger partial charge in [0.05, 0.1) is 0 Å². The van der Waals surface area contributed by atoms with Crippen molar-refractivity contribution in [2.75, 3.05) is 19.8 Å². The van der Waals surface area contributed by atoms with Crippen molar-refractivity contribution in [1.82, 2.24) is 0 Å². The number of rotatable bonds is 5. The number of carbonyl (C=O) groups is 1. The highest BCUT2D eigenvalue weighted by atomic mass is 16.6. The second-order valence-electron chi connectivity index (χ2n) is 5.11. The Kier molecular flexibility index (Phi) is 4.02. The van der Waals surface area contributed by atoms with Gasteiger partial charge in [0.15, 0.2) is 11.5 Å². The summed E-state index contributed by atoms with van der Waals surface area (Å²) in [6, 6.07) is 8.87. The predicted octanol–water partition coefficient (Wildman–Crippen LogP) is 2.03. The summed E-state index contributed by atoms with van der Waals surface area (Å²) < 4.78 is 16.4. The number of aromatic carboxylic acids is 1. The van der Waals surface area contributed by atoms with E-state index in [0.29, 0.717) is 37.7 Å². The van der Waals surface area contributed by atoms with Gasteiger partial charge in [-0.3, -0.25) is 0 Å². The van der Waals surface area contributed by atoms with Crippen LogP contribution in [0.15, 0.2) is 34.7 Å². The number of ether oxygens (including phenoxy) is 2. The molecule has 2 aromatic rings. The van der Waals surface area contributed by atoms with E-state index < -0.39 is 5.97 Å². The number of benzene rings is 1. The summed E-state index contributed by atoms with van der Waals surface area (Å²) in [6.07, 6.45) is 0.531. The van der Waals surface area contributed by atoms with E-state index in [1.807, 2.05) is 18.2 Å². The molecule has 3 rings (SSSR count). The van der Waals surface area contributed by atoms with Gasteiger partial charge in [-0.2, -0.15) is 0 Å². The van der Waals surface area contributed by atoms with Gasteiger partial charge < -0.3 is 24.7 Å². The van der Waals surface area contributed by atoms with Crippen molar-refractivity contribution in [3.05, 3.63) is 47.4 Å². The zero-order valence-corrected chi connectivity index (χ0v) is 12.0. The predicted molar refractivity (Wildman–Crippen MR) is 78.6 cm³/mol. The van der Waals surface area contributed by atoms with E-state index in [1.54, 1.807) is 6.07 Å². The molecule has 6 heteroatoms. The van der Waals surface area contributed by atoms with E-state index >= 15 is 0 Å². The van der Waals surface area contributed by atoms with Gasteiger partial charge in [0.25, 0.3) is 0 Å². The van der Waals surface area contributed by atoms with Crippen LogP contribution in [-0.2, 0) is 6.42 Å². The molecule has 0 spiro atoms. The van der Waals surface area contributed by atoms with Gasteiger partial charge in [-0.1, -0.05) is 6.07 Å². The molecule has 3 N–H and O–H groups in total. The van der Waals surface area contributed by atoms with Crippen molar-refractivity contribution in [1.29, 1.82) is 0 Å². The van der Waals surface area contributed by atoms with E-state index in [4.69, 9.17) is 24.7 Å². The zero-order valence-electron chi connectivity index (χ0n) is 12.0. The summed E-state index contributed by atoms with van der Waals surface area (Å²) in [5.41, 5.74) is 6.88. The molecule has 0 aliphatic carbocycles. The number of hydrogen-bond acceptors (Lipinski definition) is 5. The third-order valence-corrected chi connectivity index (χ3v) is 3.64. The van der Waals surface area contributed by atoms with Gasteiger partial charge in [0.2, 0.25) is 5.76 Å². The van der Waals surface area contributed by atoms with E-state index in [9.17, 15) is 4.79 Å². The van der Waals surface area contributed by atoms with Crippen LogP contribution in [-0.4, -0.2) is 30.8 Å². The smallest absolute Gasteiger partial charge is 0.371 e. The Labute approximate surface area is 127 Å². The molecule has 116 valence electrons. The molecule has 0 radical (unpaired) electrons. The third-order valence-electron chi connectivity index (χ3n) is 3.64. The van der Waals surface area contributed by atoms with E-state index in [-0.39, 0.29) is 11.7 Å². The number of nitrogens with two attached hydrogens (primary N) is 1. The first-order valence-corrected chi connectivity index (χ1v) is 7.09. The summed E-state index contributed by atoms with van der Waals surface area (Å²) in [4.78, 5) is 10.9. The molecule has 0 fully saturated rings. The van der Waals surface area contributed by atoms with Crippen molar-refractivity contribution in [2.24, 2.45) is 5.73 Å². The Morgan fingerprint density at radius 2 is 1.95 bits per heavy atom. The SMILES string of the molecule is NCC(Cc1ccc(C(=O)O)o1)c1ccc2c(c1)OCCO2. The van der Waals surface area contributed by atoms with E-state index in [0.717, 1.165) is 11.3 Å². The number of furan rings is 1. The largest absolute Gasteiger partial charge is 0.486 e. The maximum Gasteiger partial charge on any atom is 0.371 e. The van der Waals surface area contributed by atoms with Crippen molar-refractivity contribution >= 4 is 5.97 Å². The standard InChI is InChI=1S/C16H17NO5/c17-9-11(7-12-2-4-14(22-12)16(18)19)10-1-3-13-15(8-10)21-6-5-20-13/h1-4,8,11H,5-7,9,17H2,(H,18,19). The van der Waals surface area contributed by atoms with Crippen molar-refractivity contribution in [2.45, 2.75) is 12.3 Å². The molecule has 1 atom stereocenters. The highest BCUT2D eigenvalue weighted by molar-refractivity contribution is 5.84. The Morgan fingerprint density at radius 1 is 1.18 bits per heavy atom. The van der Waals surface area contributed by atoms with Crippen LogP contribution in [0, 0.1) is 0 Å². The minimum atomic E-state index is -1.07. The fraction of sp³-hybridized carbons (Fsp3) is 0.312. The minimum absolute atomic E-state index is 0.0172. The lowest BCUT2D eigenvalue weighted by Gasteiger charge is -2.21. The van der Waals surface area contributed by atoms with Crippen LogP contribution in [0.4, 0.5) is 0 Å². The first-order chi connectivity index (χ1) is 10.7. The molecular weight excluding hydrogens is 286 g/mol. The molecule has 1 aromatic carbocycles. The molecule has 0 amide bonds. The molecule has 1 aliphatic rings. The minimum Gasteiger partial charge on any atom is -0.486 e. The van der Waals surface area contributed by atoms with Crippen LogP contribution in [0.5, 0.6) is 11.5 Å². The third kappa shape index (κ3) is 2.92. The van der Waals surface area contributed by atoms with E-state index in [1.165, 1.54) is 6.07 Å². The monoisotopic (exact) mass is 303 g/mol. The molecule has 1 aromatic heterocycles.